The normalized spacial score (nSPS) is 10.9. The lowest BCUT2D eigenvalue weighted by molar-refractivity contribution is -0.114. The summed E-state index contributed by atoms with van der Waals surface area (Å²) in [4.78, 5) is 50.6. The van der Waals surface area contributed by atoms with Gasteiger partial charge in [0.05, 0.1) is 5.75 Å². The van der Waals surface area contributed by atoms with Crippen molar-refractivity contribution >= 4 is 68.6 Å². The first-order chi connectivity index (χ1) is 19.8. The Kier molecular flexibility index (Phi) is 10.3. The highest BCUT2D eigenvalue weighted by molar-refractivity contribution is 9.10. The monoisotopic (exact) mass is 627 g/mol. The molecule has 4 rings (SSSR count). The van der Waals surface area contributed by atoms with E-state index in [-0.39, 0.29) is 23.1 Å². The van der Waals surface area contributed by atoms with Crippen LogP contribution < -0.4 is 16.0 Å². The maximum absolute atomic E-state index is 13.2. The number of benzene rings is 4. The molecule has 0 aliphatic carbocycles. The molecule has 0 atom stereocenters. The average molecular weight is 629 g/mol. The second-order valence-electron chi connectivity index (χ2n) is 8.88. The fraction of sp³-hybridized carbons (Fsp3) is 0.0625. The van der Waals surface area contributed by atoms with Crippen LogP contribution in [0.2, 0.25) is 0 Å². The summed E-state index contributed by atoms with van der Waals surface area (Å²) in [6, 6.07) is 29.8. The molecule has 3 amide bonds. The van der Waals surface area contributed by atoms with Crippen LogP contribution in [0.3, 0.4) is 0 Å². The van der Waals surface area contributed by atoms with Crippen LogP contribution in [0.5, 0.6) is 0 Å². The third kappa shape index (κ3) is 9.02. The molecule has 0 bridgehead atoms. The minimum Gasteiger partial charge on any atom is -0.325 e. The highest BCUT2D eigenvalue weighted by Gasteiger charge is 2.15. The van der Waals surface area contributed by atoms with Crippen molar-refractivity contribution in [3.63, 3.8) is 0 Å². The summed E-state index contributed by atoms with van der Waals surface area (Å²) in [6.07, 6.45) is 1.61. The third-order valence-electron chi connectivity index (χ3n) is 5.75. The maximum atomic E-state index is 13.2. The summed E-state index contributed by atoms with van der Waals surface area (Å²) >= 11 is 4.77. The number of nitrogens with one attached hydrogen (secondary N) is 3. The van der Waals surface area contributed by atoms with Gasteiger partial charge in [-0.15, -0.1) is 11.8 Å². The molecule has 0 saturated heterocycles. The topological polar surface area (TPSA) is 104 Å². The standard InChI is InChI=1S/C32H26BrN3O4S/c1-21(37)23-10-12-26(13-11-23)34-30(38)20-41-28-16-14-27(15-17-28)35-32(40)29(19-22-6-5-9-25(33)18-22)36-31(39)24-7-3-2-4-8-24/h2-19H,20H2,1H3,(H,34,38)(H,35,40)(H,36,39)/b29-19-. The molecule has 0 fully saturated rings. The van der Waals surface area contributed by atoms with Gasteiger partial charge in [0.1, 0.15) is 5.70 Å². The van der Waals surface area contributed by atoms with Crippen LogP contribution in [0.1, 0.15) is 33.2 Å². The van der Waals surface area contributed by atoms with Crippen molar-refractivity contribution < 1.29 is 19.2 Å². The molecule has 0 aliphatic rings. The lowest BCUT2D eigenvalue weighted by Gasteiger charge is -2.12. The lowest BCUT2D eigenvalue weighted by atomic mass is 10.1. The van der Waals surface area contributed by atoms with E-state index in [1.165, 1.54) is 18.7 Å². The Labute approximate surface area is 250 Å². The molecule has 0 saturated carbocycles. The number of hydrogen-bond donors (Lipinski definition) is 3. The zero-order valence-electron chi connectivity index (χ0n) is 22.0. The summed E-state index contributed by atoms with van der Waals surface area (Å²) in [5.41, 5.74) is 2.98. The van der Waals surface area contributed by atoms with Gasteiger partial charge in [0.15, 0.2) is 5.78 Å². The summed E-state index contributed by atoms with van der Waals surface area (Å²) in [5, 5.41) is 8.36. The molecule has 4 aromatic rings. The molecule has 3 N–H and O–H groups in total. The highest BCUT2D eigenvalue weighted by atomic mass is 79.9. The third-order valence-corrected chi connectivity index (χ3v) is 7.25. The molecule has 0 heterocycles. The van der Waals surface area contributed by atoms with Crippen molar-refractivity contribution in [2.45, 2.75) is 11.8 Å². The molecule has 206 valence electrons. The molecule has 0 spiro atoms. The summed E-state index contributed by atoms with van der Waals surface area (Å²) in [6.45, 7) is 1.49. The predicted octanol–water partition coefficient (Wildman–Crippen LogP) is 6.79. The number of hydrogen-bond acceptors (Lipinski definition) is 5. The number of carbonyl (C=O) groups is 4. The van der Waals surface area contributed by atoms with Gasteiger partial charge in [-0.2, -0.15) is 0 Å². The number of amides is 3. The van der Waals surface area contributed by atoms with Crippen LogP contribution in [-0.4, -0.2) is 29.3 Å². The first-order valence-electron chi connectivity index (χ1n) is 12.6. The number of halogens is 1. The van der Waals surface area contributed by atoms with Crippen LogP contribution in [0.4, 0.5) is 11.4 Å². The van der Waals surface area contributed by atoms with E-state index in [0.717, 1.165) is 14.9 Å². The van der Waals surface area contributed by atoms with Crippen LogP contribution in [0, 0.1) is 0 Å². The predicted molar refractivity (Wildman–Crippen MR) is 167 cm³/mol. The molecule has 7 nitrogen and oxygen atoms in total. The minimum absolute atomic E-state index is 0.0355. The van der Waals surface area contributed by atoms with E-state index >= 15 is 0 Å². The number of anilines is 2. The van der Waals surface area contributed by atoms with E-state index < -0.39 is 11.8 Å². The zero-order chi connectivity index (χ0) is 29.2. The van der Waals surface area contributed by atoms with Gasteiger partial charge in [-0.05, 0) is 91.4 Å². The molecule has 0 aromatic heterocycles. The van der Waals surface area contributed by atoms with E-state index in [1.807, 2.05) is 30.3 Å². The van der Waals surface area contributed by atoms with E-state index in [0.29, 0.717) is 22.5 Å². The van der Waals surface area contributed by atoms with Crippen molar-refractivity contribution in [2.75, 3.05) is 16.4 Å². The number of thioether (sulfide) groups is 1. The first kappa shape index (κ1) is 29.5. The zero-order valence-corrected chi connectivity index (χ0v) is 24.4. The second kappa shape index (κ2) is 14.2. The molecule has 41 heavy (non-hydrogen) atoms. The molecule has 0 aliphatic heterocycles. The van der Waals surface area contributed by atoms with E-state index in [9.17, 15) is 19.2 Å². The van der Waals surface area contributed by atoms with Crippen LogP contribution >= 0.6 is 27.7 Å². The van der Waals surface area contributed by atoms with Crippen LogP contribution in [-0.2, 0) is 9.59 Å². The molecule has 9 heteroatoms. The number of carbonyl (C=O) groups excluding carboxylic acids is 4. The smallest absolute Gasteiger partial charge is 0.272 e. The first-order valence-corrected chi connectivity index (χ1v) is 14.3. The number of Topliss-reactive ketones (excluding diaryl/α,β-unsaturated/α-hetero) is 1. The molecule has 4 aromatic carbocycles. The number of ketones is 1. The summed E-state index contributed by atoms with van der Waals surface area (Å²) < 4.78 is 0.841. The van der Waals surface area contributed by atoms with Crippen molar-refractivity contribution in [1.82, 2.24) is 5.32 Å². The van der Waals surface area contributed by atoms with Crippen molar-refractivity contribution in [3.8, 4) is 0 Å². The Morgan fingerprint density at radius 2 is 1.41 bits per heavy atom. The fourth-order valence-corrected chi connectivity index (χ4v) is 4.79. The fourth-order valence-electron chi connectivity index (χ4n) is 3.67. The van der Waals surface area contributed by atoms with Crippen molar-refractivity contribution in [1.29, 1.82) is 0 Å². The van der Waals surface area contributed by atoms with Gasteiger partial charge in [-0.3, -0.25) is 19.2 Å². The second-order valence-corrected chi connectivity index (χ2v) is 10.8. The average Bonchev–Trinajstić information content (AvgIpc) is 2.97. The number of rotatable bonds is 10. The van der Waals surface area contributed by atoms with E-state index in [1.54, 1.807) is 78.9 Å². The minimum atomic E-state index is -0.482. The van der Waals surface area contributed by atoms with Gasteiger partial charge in [-0.1, -0.05) is 46.3 Å². The Morgan fingerprint density at radius 3 is 2.07 bits per heavy atom. The highest BCUT2D eigenvalue weighted by Crippen LogP contribution is 2.22. The summed E-state index contributed by atoms with van der Waals surface area (Å²) in [7, 11) is 0. The SMILES string of the molecule is CC(=O)c1ccc(NC(=O)CSc2ccc(NC(=O)/C(=C/c3cccc(Br)c3)NC(=O)c3ccccc3)cc2)cc1. The Hall–Kier alpha value is -4.47. The Morgan fingerprint density at radius 1 is 0.756 bits per heavy atom. The quantitative estimate of drug-likeness (QED) is 0.102. The van der Waals surface area contributed by atoms with Crippen LogP contribution in [0.15, 0.2) is 118 Å². The van der Waals surface area contributed by atoms with Gasteiger partial charge >= 0.3 is 0 Å². The maximum Gasteiger partial charge on any atom is 0.272 e. The van der Waals surface area contributed by atoms with Gasteiger partial charge < -0.3 is 16.0 Å². The molecular weight excluding hydrogens is 602 g/mol. The van der Waals surface area contributed by atoms with Gasteiger partial charge in [0.2, 0.25) is 5.91 Å². The van der Waals surface area contributed by atoms with Gasteiger partial charge in [0.25, 0.3) is 11.8 Å². The Bertz CT molecular complexity index is 1590. The van der Waals surface area contributed by atoms with Crippen molar-refractivity contribution in [3.05, 3.63) is 130 Å². The molecule has 0 unspecified atom stereocenters. The van der Waals surface area contributed by atoms with E-state index in [2.05, 4.69) is 31.9 Å². The van der Waals surface area contributed by atoms with Crippen LogP contribution in [0.25, 0.3) is 6.08 Å². The molecule has 0 radical (unpaired) electrons. The lowest BCUT2D eigenvalue weighted by Crippen LogP contribution is -2.30. The van der Waals surface area contributed by atoms with Gasteiger partial charge in [-0.25, -0.2) is 0 Å². The van der Waals surface area contributed by atoms with Crippen molar-refractivity contribution in [2.24, 2.45) is 0 Å². The Balaban J connectivity index is 1.38. The largest absolute Gasteiger partial charge is 0.325 e. The van der Waals surface area contributed by atoms with E-state index in [4.69, 9.17) is 0 Å². The summed E-state index contributed by atoms with van der Waals surface area (Å²) in [5.74, 6) is -0.914. The molecular formula is C32H26BrN3O4S. The van der Waals surface area contributed by atoms with Gasteiger partial charge in [0, 0.05) is 31.9 Å².